The maximum Gasteiger partial charge on any atom is 0.269 e. The highest BCUT2D eigenvalue weighted by Crippen LogP contribution is 2.13. The van der Waals surface area contributed by atoms with E-state index in [0.717, 1.165) is 21.9 Å². The first kappa shape index (κ1) is 17.4. The highest BCUT2D eigenvalue weighted by atomic mass is 16.6. The second-order valence-corrected chi connectivity index (χ2v) is 6.07. The van der Waals surface area contributed by atoms with Gasteiger partial charge in [-0.2, -0.15) is 5.10 Å². The predicted octanol–water partition coefficient (Wildman–Crippen LogP) is 2.59. The molecule has 0 saturated carbocycles. The third-order valence-electron chi connectivity index (χ3n) is 4.29. The number of nitro benzene ring substituents is 1. The monoisotopic (exact) mass is 348 g/mol. The molecule has 0 aliphatic carbocycles. The Bertz CT molecular complexity index is 1020. The molecule has 1 N–H and O–H groups in total. The first-order chi connectivity index (χ1) is 12.5. The summed E-state index contributed by atoms with van der Waals surface area (Å²) in [6.07, 6.45) is 1.92. The molecule has 6 heteroatoms. The molecule has 1 unspecified atom stereocenters. The van der Waals surface area contributed by atoms with E-state index in [2.05, 4.69) is 36.1 Å². The van der Waals surface area contributed by atoms with Crippen molar-refractivity contribution in [2.24, 2.45) is 0 Å². The summed E-state index contributed by atoms with van der Waals surface area (Å²) in [7, 11) is 0. The Morgan fingerprint density at radius 1 is 1.19 bits per heavy atom. The highest BCUT2D eigenvalue weighted by Gasteiger charge is 2.08. The smallest absolute Gasteiger partial charge is 0.269 e. The van der Waals surface area contributed by atoms with Crippen molar-refractivity contribution in [1.29, 1.82) is 0 Å². The Morgan fingerprint density at radius 3 is 2.46 bits per heavy atom. The first-order valence-electron chi connectivity index (χ1n) is 8.28. The van der Waals surface area contributed by atoms with Crippen molar-refractivity contribution in [3.63, 3.8) is 0 Å². The van der Waals surface area contributed by atoms with Gasteiger partial charge in [-0.1, -0.05) is 36.9 Å². The van der Waals surface area contributed by atoms with E-state index in [4.69, 9.17) is 0 Å². The number of hydrogen-bond acceptors (Lipinski definition) is 4. The van der Waals surface area contributed by atoms with Crippen LogP contribution < -0.4 is 15.9 Å². The third kappa shape index (κ3) is 3.49. The second kappa shape index (κ2) is 7.23. The summed E-state index contributed by atoms with van der Waals surface area (Å²) < 4.78 is 1.69. The van der Waals surface area contributed by atoms with Gasteiger partial charge in [-0.25, -0.2) is 4.68 Å². The molecule has 1 aromatic heterocycles. The number of nitrogens with one attached hydrogen (secondary N) is 1. The highest BCUT2D eigenvalue weighted by molar-refractivity contribution is 5.41. The predicted molar refractivity (Wildman–Crippen MR) is 102 cm³/mol. The van der Waals surface area contributed by atoms with Gasteiger partial charge in [-0.3, -0.25) is 10.1 Å². The van der Waals surface area contributed by atoms with Gasteiger partial charge in [0.1, 0.15) is 0 Å². The lowest BCUT2D eigenvalue weighted by Crippen LogP contribution is -2.30. The number of benzene rings is 2. The van der Waals surface area contributed by atoms with Gasteiger partial charge in [0.25, 0.3) is 5.69 Å². The number of hydrogen-bond donors (Lipinski definition) is 1. The van der Waals surface area contributed by atoms with Crippen LogP contribution in [0.3, 0.4) is 0 Å². The van der Waals surface area contributed by atoms with Gasteiger partial charge < -0.3 is 5.32 Å². The molecule has 0 aliphatic heterocycles. The molecule has 0 saturated heterocycles. The maximum absolute atomic E-state index is 10.8. The number of nitrogens with zero attached hydrogens (tertiary/aromatic N) is 3. The Kier molecular flexibility index (Phi) is 4.84. The van der Waals surface area contributed by atoms with Crippen LogP contribution >= 0.6 is 0 Å². The zero-order chi connectivity index (χ0) is 18.7. The van der Waals surface area contributed by atoms with Crippen LogP contribution in [0.2, 0.25) is 0 Å². The fraction of sp³-hybridized carbons (Fsp3) is 0.150. The molecule has 0 bridgehead atoms. The van der Waals surface area contributed by atoms with E-state index < -0.39 is 4.92 Å². The Balaban J connectivity index is 1.90. The van der Waals surface area contributed by atoms with Crippen molar-refractivity contribution in [3.05, 3.63) is 86.5 Å². The second-order valence-electron chi connectivity index (χ2n) is 6.07. The minimum atomic E-state index is -0.419. The van der Waals surface area contributed by atoms with Crippen LogP contribution in [0.25, 0.3) is 18.5 Å². The summed E-state index contributed by atoms with van der Waals surface area (Å²) in [6, 6.07) is 16.6. The van der Waals surface area contributed by atoms with Gasteiger partial charge in [0, 0.05) is 29.6 Å². The largest absolute Gasteiger partial charge is 0.384 e. The van der Waals surface area contributed by atoms with Crippen LogP contribution in [-0.2, 0) is 0 Å². The Labute approximate surface area is 151 Å². The molecule has 0 radical (unpaired) electrons. The van der Waals surface area contributed by atoms with Crippen molar-refractivity contribution in [3.8, 4) is 5.69 Å². The van der Waals surface area contributed by atoms with E-state index in [-0.39, 0.29) is 11.7 Å². The van der Waals surface area contributed by atoms with E-state index in [9.17, 15) is 10.1 Å². The lowest BCUT2D eigenvalue weighted by Gasteiger charge is -2.11. The lowest BCUT2D eigenvalue weighted by molar-refractivity contribution is -0.384. The Morgan fingerprint density at radius 2 is 1.85 bits per heavy atom. The van der Waals surface area contributed by atoms with Crippen LogP contribution in [-0.4, -0.2) is 14.7 Å². The van der Waals surface area contributed by atoms with Gasteiger partial charge >= 0.3 is 0 Å². The zero-order valence-electron chi connectivity index (χ0n) is 14.7. The van der Waals surface area contributed by atoms with Gasteiger partial charge in [-0.05, 0) is 31.5 Å². The first-order valence-corrected chi connectivity index (χ1v) is 8.28. The molecule has 3 rings (SSSR count). The SMILES string of the molecule is C=c1c(=CNC(C)c2ccccc2)c(C)nn1-c1ccc([N+](=O)[O-])cc1. The van der Waals surface area contributed by atoms with E-state index >= 15 is 0 Å². The molecule has 0 amide bonds. The van der Waals surface area contributed by atoms with Crippen LogP contribution in [0.1, 0.15) is 24.2 Å². The number of nitro groups is 1. The van der Waals surface area contributed by atoms with Gasteiger partial charge in [0.15, 0.2) is 0 Å². The summed E-state index contributed by atoms with van der Waals surface area (Å²) in [6.45, 7) is 8.12. The van der Waals surface area contributed by atoms with E-state index in [0.29, 0.717) is 0 Å². The number of rotatable bonds is 5. The van der Waals surface area contributed by atoms with Crippen molar-refractivity contribution in [2.45, 2.75) is 19.9 Å². The summed E-state index contributed by atoms with van der Waals surface area (Å²) in [5.74, 6) is 0. The maximum atomic E-state index is 10.8. The molecule has 132 valence electrons. The van der Waals surface area contributed by atoms with Crippen LogP contribution in [0.15, 0.2) is 54.6 Å². The van der Waals surface area contributed by atoms with E-state index in [1.54, 1.807) is 16.8 Å². The normalized spacial score (nSPS) is 12.8. The Hall–Kier alpha value is -3.41. The quantitative estimate of drug-likeness (QED) is 0.568. The van der Waals surface area contributed by atoms with Gasteiger partial charge in [-0.15, -0.1) is 0 Å². The molecule has 1 atom stereocenters. The minimum Gasteiger partial charge on any atom is -0.384 e. The fourth-order valence-electron chi connectivity index (χ4n) is 2.75. The molecular weight excluding hydrogens is 328 g/mol. The summed E-state index contributed by atoms with van der Waals surface area (Å²) in [4.78, 5) is 10.4. The molecule has 2 aromatic carbocycles. The minimum absolute atomic E-state index is 0.0494. The van der Waals surface area contributed by atoms with Crippen LogP contribution in [0.5, 0.6) is 0 Å². The van der Waals surface area contributed by atoms with E-state index in [1.807, 2.05) is 31.3 Å². The van der Waals surface area contributed by atoms with Gasteiger partial charge in [0.05, 0.1) is 21.7 Å². The van der Waals surface area contributed by atoms with Crippen molar-refractivity contribution < 1.29 is 4.92 Å². The summed E-state index contributed by atoms with van der Waals surface area (Å²) >= 11 is 0. The lowest BCUT2D eigenvalue weighted by atomic mass is 10.1. The number of non-ortho nitro benzene ring substituents is 1. The molecule has 6 nitrogen and oxygen atoms in total. The molecule has 26 heavy (non-hydrogen) atoms. The van der Waals surface area contributed by atoms with Crippen molar-refractivity contribution >= 4 is 18.5 Å². The molecule has 1 heterocycles. The number of aryl methyl sites for hydroxylation is 1. The van der Waals surface area contributed by atoms with E-state index in [1.165, 1.54) is 17.7 Å². The molecular formula is C20H20N4O2. The average molecular weight is 348 g/mol. The topological polar surface area (TPSA) is 73.0 Å². The molecule has 0 spiro atoms. The van der Waals surface area contributed by atoms with Crippen molar-refractivity contribution in [1.82, 2.24) is 15.1 Å². The zero-order valence-corrected chi connectivity index (χ0v) is 14.7. The molecule has 0 fully saturated rings. The number of aromatic nitrogens is 2. The summed E-state index contributed by atoms with van der Waals surface area (Å²) in [5, 5.41) is 20.3. The standard InChI is InChI=1S/C20H20N4O2/c1-14(17-7-5-4-6-8-17)21-13-20-15(2)22-23(16(20)3)18-9-11-19(12-10-18)24(25)26/h4-14,21H,3H2,1-2H3. The van der Waals surface area contributed by atoms with Crippen LogP contribution in [0.4, 0.5) is 5.69 Å². The molecule has 3 aromatic rings. The fourth-order valence-corrected chi connectivity index (χ4v) is 2.75. The van der Waals surface area contributed by atoms with Gasteiger partial charge in [0.2, 0.25) is 0 Å². The third-order valence-corrected chi connectivity index (χ3v) is 4.29. The summed E-state index contributed by atoms with van der Waals surface area (Å²) in [5.41, 5.74) is 2.81. The molecule has 0 aliphatic rings. The van der Waals surface area contributed by atoms with Crippen LogP contribution in [0, 0.1) is 17.0 Å². The average Bonchev–Trinajstić information content (AvgIpc) is 2.94. The van der Waals surface area contributed by atoms with Crippen molar-refractivity contribution in [2.75, 3.05) is 0 Å².